The summed E-state index contributed by atoms with van der Waals surface area (Å²) in [7, 11) is 0. The van der Waals surface area contributed by atoms with Crippen LogP contribution in [0.4, 0.5) is 11.4 Å². The van der Waals surface area contributed by atoms with Crippen molar-refractivity contribution in [2.75, 3.05) is 10.6 Å². The first-order valence-electron chi connectivity index (χ1n) is 5.94. The Balaban J connectivity index is 1.87. The molecule has 0 radical (unpaired) electrons. The molecule has 6 nitrogen and oxygen atoms in total. The summed E-state index contributed by atoms with van der Waals surface area (Å²) < 4.78 is 0. The fraction of sp³-hybridized carbons (Fsp3) is 0.0769. The van der Waals surface area contributed by atoms with Crippen LogP contribution in [0.15, 0.2) is 24.5 Å². The van der Waals surface area contributed by atoms with Gasteiger partial charge in [-0.1, -0.05) is 23.2 Å². The number of amides is 2. The molecule has 0 saturated carbocycles. The van der Waals surface area contributed by atoms with Crippen molar-refractivity contribution in [3.8, 4) is 0 Å². The second-order valence-electron chi connectivity index (χ2n) is 4.40. The molecular weight excluding hydrogens is 315 g/mol. The number of fused-ring (bicyclic) bond motifs is 1. The highest BCUT2D eigenvalue weighted by Gasteiger charge is 2.20. The summed E-state index contributed by atoms with van der Waals surface area (Å²) in [6, 6.07) is 3.26. The molecule has 2 amide bonds. The lowest BCUT2D eigenvalue weighted by Gasteiger charge is -2.09. The van der Waals surface area contributed by atoms with E-state index in [4.69, 9.17) is 23.2 Å². The van der Waals surface area contributed by atoms with E-state index in [1.807, 2.05) is 0 Å². The number of nitrogens with zero attached hydrogens (tertiary/aromatic N) is 2. The molecule has 0 bridgehead atoms. The Morgan fingerprint density at radius 3 is 2.86 bits per heavy atom. The Labute approximate surface area is 129 Å². The van der Waals surface area contributed by atoms with E-state index in [1.165, 1.54) is 12.4 Å². The van der Waals surface area contributed by atoms with Gasteiger partial charge in [-0.2, -0.15) is 0 Å². The summed E-state index contributed by atoms with van der Waals surface area (Å²) in [5, 5.41) is 5.75. The fourth-order valence-electron chi connectivity index (χ4n) is 1.98. The van der Waals surface area contributed by atoms with Crippen molar-refractivity contribution in [1.82, 2.24) is 9.97 Å². The van der Waals surface area contributed by atoms with Gasteiger partial charge in [-0.05, 0) is 17.7 Å². The average Bonchev–Trinajstić information content (AvgIpc) is 2.78. The zero-order valence-electron chi connectivity index (χ0n) is 10.5. The first-order valence-corrected chi connectivity index (χ1v) is 6.69. The van der Waals surface area contributed by atoms with Crippen LogP contribution in [-0.2, 0) is 11.2 Å². The molecule has 1 aromatic carbocycles. The third-order valence-electron chi connectivity index (χ3n) is 2.90. The first-order chi connectivity index (χ1) is 10.0. The van der Waals surface area contributed by atoms with E-state index in [0.717, 1.165) is 5.56 Å². The molecular formula is C13H8Cl2N4O2. The monoisotopic (exact) mass is 322 g/mol. The van der Waals surface area contributed by atoms with Gasteiger partial charge in [0.15, 0.2) is 0 Å². The maximum absolute atomic E-state index is 12.1. The van der Waals surface area contributed by atoms with Crippen LogP contribution in [0.2, 0.25) is 10.2 Å². The van der Waals surface area contributed by atoms with Crippen LogP contribution >= 0.6 is 23.2 Å². The van der Waals surface area contributed by atoms with Crippen LogP contribution in [0.25, 0.3) is 0 Å². The first kappa shape index (κ1) is 13.8. The van der Waals surface area contributed by atoms with E-state index in [2.05, 4.69) is 20.6 Å². The number of rotatable bonds is 2. The molecule has 0 fully saturated rings. The van der Waals surface area contributed by atoms with Crippen LogP contribution in [0.1, 0.15) is 16.1 Å². The fourth-order valence-corrected chi connectivity index (χ4v) is 2.34. The minimum Gasteiger partial charge on any atom is -0.325 e. The quantitative estimate of drug-likeness (QED) is 0.889. The molecule has 1 aliphatic heterocycles. The van der Waals surface area contributed by atoms with E-state index in [-0.39, 0.29) is 23.2 Å². The van der Waals surface area contributed by atoms with Gasteiger partial charge >= 0.3 is 0 Å². The third kappa shape index (κ3) is 2.81. The van der Waals surface area contributed by atoms with E-state index in [1.54, 1.807) is 12.1 Å². The maximum Gasteiger partial charge on any atom is 0.275 e. The molecule has 0 unspecified atom stereocenters. The third-order valence-corrected chi connectivity index (χ3v) is 3.40. The van der Waals surface area contributed by atoms with Gasteiger partial charge in [-0.25, -0.2) is 4.98 Å². The zero-order valence-corrected chi connectivity index (χ0v) is 12.0. The maximum atomic E-state index is 12.1. The second-order valence-corrected chi connectivity index (χ2v) is 5.19. The normalized spacial score (nSPS) is 12.8. The Hall–Kier alpha value is -2.18. The topological polar surface area (TPSA) is 84.0 Å². The van der Waals surface area contributed by atoms with Gasteiger partial charge in [-0.3, -0.25) is 14.6 Å². The molecule has 2 aromatic rings. The number of hydrogen-bond acceptors (Lipinski definition) is 4. The van der Waals surface area contributed by atoms with Crippen molar-refractivity contribution in [3.05, 3.63) is 46.0 Å². The molecule has 0 aliphatic carbocycles. The standard InChI is InChI=1S/C13H8Cl2N4O2/c14-7-3-8-6(2-12(20)18-8)1-9(7)19-13(21)10-4-16-5-11(15)17-10/h1,3-5H,2H2,(H,18,20)(H,19,21). The highest BCUT2D eigenvalue weighted by atomic mass is 35.5. The van der Waals surface area contributed by atoms with Crippen molar-refractivity contribution in [2.24, 2.45) is 0 Å². The largest absolute Gasteiger partial charge is 0.325 e. The predicted molar refractivity (Wildman–Crippen MR) is 78.8 cm³/mol. The summed E-state index contributed by atoms with van der Waals surface area (Å²) in [5.74, 6) is -0.589. The molecule has 0 saturated heterocycles. The van der Waals surface area contributed by atoms with Crippen LogP contribution < -0.4 is 10.6 Å². The number of carbonyl (C=O) groups is 2. The molecule has 3 rings (SSSR count). The zero-order chi connectivity index (χ0) is 15.0. The summed E-state index contributed by atoms with van der Waals surface area (Å²) in [6.07, 6.45) is 2.89. The lowest BCUT2D eigenvalue weighted by atomic mass is 10.1. The molecule has 0 spiro atoms. The summed E-state index contributed by atoms with van der Waals surface area (Å²) in [5.41, 5.74) is 1.91. The van der Waals surface area contributed by atoms with Crippen LogP contribution in [0.3, 0.4) is 0 Å². The minimum atomic E-state index is -0.482. The van der Waals surface area contributed by atoms with Crippen molar-refractivity contribution < 1.29 is 9.59 Å². The van der Waals surface area contributed by atoms with Crippen LogP contribution in [-0.4, -0.2) is 21.8 Å². The number of anilines is 2. The predicted octanol–water partition coefficient (Wildman–Crippen LogP) is 2.53. The summed E-state index contributed by atoms with van der Waals surface area (Å²) in [6.45, 7) is 0. The van der Waals surface area contributed by atoms with E-state index < -0.39 is 5.91 Å². The summed E-state index contributed by atoms with van der Waals surface area (Å²) >= 11 is 11.8. The summed E-state index contributed by atoms with van der Waals surface area (Å²) in [4.78, 5) is 31.1. The van der Waals surface area contributed by atoms with Gasteiger partial charge in [0.1, 0.15) is 10.8 Å². The smallest absolute Gasteiger partial charge is 0.275 e. The number of benzene rings is 1. The Kier molecular flexibility index (Phi) is 3.48. The van der Waals surface area contributed by atoms with E-state index >= 15 is 0 Å². The molecule has 21 heavy (non-hydrogen) atoms. The molecule has 2 heterocycles. The lowest BCUT2D eigenvalue weighted by Crippen LogP contribution is -2.14. The van der Waals surface area contributed by atoms with Gasteiger partial charge < -0.3 is 10.6 Å². The van der Waals surface area contributed by atoms with Crippen molar-refractivity contribution in [3.63, 3.8) is 0 Å². The lowest BCUT2D eigenvalue weighted by molar-refractivity contribution is -0.115. The second kappa shape index (κ2) is 5.31. The molecule has 1 aliphatic rings. The van der Waals surface area contributed by atoms with Gasteiger partial charge in [0, 0.05) is 5.69 Å². The average molecular weight is 323 g/mol. The number of nitrogens with one attached hydrogen (secondary N) is 2. The van der Waals surface area contributed by atoms with Gasteiger partial charge in [-0.15, -0.1) is 0 Å². The molecule has 106 valence electrons. The molecule has 2 N–H and O–H groups in total. The van der Waals surface area contributed by atoms with Crippen LogP contribution in [0.5, 0.6) is 0 Å². The van der Waals surface area contributed by atoms with Gasteiger partial charge in [0.05, 0.1) is 29.5 Å². The van der Waals surface area contributed by atoms with Gasteiger partial charge in [0.25, 0.3) is 5.91 Å². The number of aromatic nitrogens is 2. The van der Waals surface area contributed by atoms with Crippen molar-refractivity contribution in [1.29, 1.82) is 0 Å². The van der Waals surface area contributed by atoms with Crippen LogP contribution in [0, 0.1) is 0 Å². The molecule has 8 heteroatoms. The van der Waals surface area contributed by atoms with Crippen molar-refractivity contribution >= 4 is 46.4 Å². The minimum absolute atomic E-state index is 0.0771. The molecule has 1 aromatic heterocycles. The number of carbonyl (C=O) groups excluding carboxylic acids is 2. The highest BCUT2D eigenvalue weighted by molar-refractivity contribution is 6.34. The van der Waals surface area contributed by atoms with Crippen molar-refractivity contribution in [2.45, 2.75) is 6.42 Å². The van der Waals surface area contributed by atoms with E-state index in [0.29, 0.717) is 16.4 Å². The Morgan fingerprint density at radius 1 is 1.29 bits per heavy atom. The Morgan fingerprint density at radius 2 is 2.10 bits per heavy atom. The molecule has 0 atom stereocenters. The van der Waals surface area contributed by atoms with Gasteiger partial charge in [0.2, 0.25) is 5.91 Å². The number of hydrogen-bond donors (Lipinski definition) is 2. The number of halogens is 2. The highest BCUT2D eigenvalue weighted by Crippen LogP contribution is 2.33. The van der Waals surface area contributed by atoms with E-state index in [9.17, 15) is 9.59 Å². The Bertz CT molecular complexity index is 764. The SMILES string of the molecule is O=C1Cc2cc(NC(=O)c3cncc(Cl)n3)c(Cl)cc2N1.